The summed E-state index contributed by atoms with van der Waals surface area (Å²) in [6, 6.07) is -0.381. The van der Waals surface area contributed by atoms with Crippen molar-refractivity contribution in [3.05, 3.63) is 0 Å². The number of esters is 1. The highest BCUT2D eigenvalue weighted by molar-refractivity contribution is 5.83. The molecule has 0 aliphatic rings. The Morgan fingerprint density at radius 2 is 1.82 bits per heavy atom. The van der Waals surface area contributed by atoms with E-state index in [1.807, 2.05) is 27.7 Å². The van der Waals surface area contributed by atoms with Crippen molar-refractivity contribution in [3.8, 4) is 0 Å². The van der Waals surface area contributed by atoms with Crippen LogP contribution in [0, 0.1) is 11.8 Å². The number of ether oxygens (including phenoxy) is 1. The Kier molecular flexibility index (Phi) is 7.79. The Labute approximate surface area is 104 Å². The van der Waals surface area contributed by atoms with Gasteiger partial charge >= 0.3 is 5.97 Å². The van der Waals surface area contributed by atoms with Crippen molar-refractivity contribution in [2.45, 2.75) is 46.6 Å². The van der Waals surface area contributed by atoms with E-state index in [2.05, 4.69) is 5.32 Å². The molecule has 0 spiro atoms. The van der Waals surface area contributed by atoms with Gasteiger partial charge in [-0.15, -0.1) is 0 Å². The van der Waals surface area contributed by atoms with E-state index in [0.717, 1.165) is 6.42 Å². The predicted octanol–water partition coefficient (Wildman–Crippen LogP) is 1.78. The van der Waals surface area contributed by atoms with Crippen LogP contribution < -0.4 is 5.32 Å². The normalized spacial score (nSPS) is 14.5. The molecule has 100 valence electrons. The number of nitrogens with one attached hydrogen (secondary N) is 1. The molecule has 0 radical (unpaired) electrons. The average molecular weight is 243 g/mol. The summed E-state index contributed by atoms with van der Waals surface area (Å²) in [6.07, 6.45) is 1.51. The van der Waals surface area contributed by atoms with Gasteiger partial charge in [0.25, 0.3) is 0 Å². The Bertz CT molecular complexity index is 251. The number of Topliss-reactive ketones (excluding diaryl/α,β-unsaturated/α-hetero) is 1. The number of methoxy groups -OCH3 is 1. The Hall–Kier alpha value is -0.900. The molecule has 0 aromatic rings. The molecular weight excluding hydrogens is 218 g/mol. The molecule has 0 bridgehead atoms. The molecule has 0 amide bonds. The average Bonchev–Trinajstić information content (AvgIpc) is 2.31. The van der Waals surface area contributed by atoms with Crippen LogP contribution in [0.5, 0.6) is 0 Å². The quantitative estimate of drug-likeness (QED) is 0.660. The van der Waals surface area contributed by atoms with Crippen LogP contribution in [-0.4, -0.2) is 31.4 Å². The SMILES string of the molecule is CCC(C)C(=O)CNC(CC(C)C)C(=O)OC. The Morgan fingerprint density at radius 3 is 2.24 bits per heavy atom. The second-order valence-electron chi connectivity index (χ2n) is 4.86. The summed E-state index contributed by atoms with van der Waals surface area (Å²) in [4.78, 5) is 23.2. The van der Waals surface area contributed by atoms with E-state index >= 15 is 0 Å². The largest absolute Gasteiger partial charge is 0.468 e. The zero-order chi connectivity index (χ0) is 13.4. The van der Waals surface area contributed by atoms with Crippen LogP contribution in [0.15, 0.2) is 0 Å². The van der Waals surface area contributed by atoms with Crippen LogP contribution in [0.25, 0.3) is 0 Å². The standard InChI is InChI=1S/C13H25NO3/c1-6-10(4)12(15)8-14-11(7-9(2)3)13(16)17-5/h9-11,14H,6-8H2,1-5H3. The number of hydrogen-bond acceptors (Lipinski definition) is 4. The molecule has 4 heteroatoms. The molecule has 0 fully saturated rings. The topological polar surface area (TPSA) is 55.4 Å². The van der Waals surface area contributed by atoms with E-state index in [-0.39, 0.29) is 30.3 Å². The second-order valence-corrected chi connectivity index (χ2v) is 4.86. The molecular formula is C13H25NO3. The predicted molar refractivity (Wildman–Crippen MR) is 67.7 cm³/mol. The molecule has 2 atom stereocenters. The van der Waals surface area contributed by atoms with Crippen molar-refractivity contribution < 1.29 is 14.3 Å². The minimum absolute atomic E-state index is 0.0415. The van der Waals surface area contributed by atoms with Gasteiger partial charge in [0, 0.05) is 5.92 Å². The van der Waals surface area contributed by atoms with Gasteiger partial charge in [0.05, 0.1) is 13.7 Å². The number of hydrogen-bond donors (Lipinski definition) is 1. The van der Waals surface area contributed by atoms with E-state index in [9.17, 15) is 9.59 Å². The molecule has 1 N–H and O–H groups in total. The fourth-order valence-electron chi connectivity index (χ4n) is 1.50. The summed E-state index contributed by atoms with van der Waals surface area (Å²) in [5.74, 6) is 0.269. The lowest BCUT2D eigenvalue weighted by molar-refractivity contribution is -0.143. The number of carbonyl (C=O) groups is 2. The van der Waals surface area contributed by atoms with Crippen LogP contribution in [0.3, 0.4) is 0 Å². The maximum absolute atomic E-state index is 11.7. The third kappa shape index (κ3) is 6.41. The monoisotopic (exact) mass is 243 g/mol. The zero-order valence-electron chi connectivity index (χ0n) is 11.6. The first-order chi connectivity index (χ1) is 7.92. The van der Waals surface area contributed by atoms with Crippen molar-refractivity contribution in [2.75, 3.05) is 13.7 Å². The van der Waals surface area contributed by atoms with Crippen LogP contribution in [0.1, 0.15) is 40.5 Å². The molecule has 0 aliphatic carbocycles. The van der Waals surface area contributed by atoms with Crippen molar-refractivity contribution in [3.63, 3.8) is 0 Å². The van der Waals surface area contributed by atoms with Crippen molar-refractivity contribution in [1.82, 2.24) is 5.32 Å². The van der Waals surface area contributed by atoms with Crippen LogP contribution in [0.4, 0.5) is 0 Å². The summed E-state index contributed by atoms with van der Waals surface area (Å²) in [6.45, 7) is 8.19. The van der Waals surface area contributed by atoms with E-state index < -0.39 is 0 Å². The lowest BCUT2D eigenvalue weighted by Crippen LogP contribution is -2.42. The smallest absolute Gasteiger partial charge is 0.322 e. The Morgan fingerprint density at radius 1 is 1.24 bits per heavy atom. The molecule has 0 heterocycles. The fourth-order valence-corrected chi connectivity index (χ4v) is 1.50. The summed E-state index contributed by atoms with van der Waals surface area (Å²) in [5.41, 5.74) is 0. The molecule has 4 nitrogen and oxygen atoms in total. The summed E-state index contributed by atoms with van der Waals surface area (Å²) in [5, 5.41) is 2.99. The van der Waals surface area contributed by atoms with Crippen LogP contribution >= 0.6 is 0 Å². The van der Waals surface area contributed by atoms with Crippen LogP contribution in [-0.2, 0) is 14.3 Å². The third-order valence-electron chi connectivity index (χ3n) is 2.88. The van der Waals surface area contributed by atoms with E-state index in [4.69, 9.17) is 4.74 Å². The molecule has 0 aromatic heterocycles. The molecule has 0 saturated heterocycles. The lowest BCUT2D eigenvalue weighted by atomic mass is 10.0. The van der Waals surface area contributed by atoms with Gasteiger partial charge < -0.3 is 4.74 Å². The zero-order valence-corrected chi connectivity index (χ0v) is 11.6. The number of rotatable bonds is 8. The number of carbonyl (C=O) groups excluding carboxylic acids is 2. The number of ketones is 1. The molecule has 17 heavy (non-hydrogen) atoms. The van der Waals surface area contributed by atoms with Gasteiger partial charge in [0.15, 0.2) is 0 Å². The van der Waals surface area contributed by atoms with Gasteiger partial charge in [0.2, 0.25) is 0 Å². The van der Waals surface area contributed by atoms with E-state index in [1.54, 1.807) is 0 Å². The molecule has 0 aliphatic heterocycles. The highest BCUT2D eigenvalue weighted by Gasteiger charge is 2.21. The Balaban J connectivity index is 4.25. The van der Waals surface area contributed by atoms with E-state index in [0.29, 0.717) is 12.3 Å². The van der Waals surface area contributed by atoms with Gasteiger partial charge in [-0.25, -0.2) is 0 Å². The van der Waals surface area contributed by atoms with Gasteiger partial charge in [-0.05, 0) is 18.8 Å². The molecule has 2 unspecified atom stereocenters. The molecule has 0 rings (SSSR count). The van der Waals surface area contributed by atoms with Gasteiger partial charge in [0.1, 0.15) is 11.8 Å². The summed E-state index contributed by atoms with van der Waals surface area (Å²) < 4.78 is 4.72. The van der Waals surface area contributed by atoms with Crippen molar-refractivity contribution >= 4 is 11.8 Å². The first kappa shape index (κ1) is 16.1. The third-order valence-corrected chi connectivity index (χ3v) is 2.88. The highest BCUT2D eigenvalue weighted by Crippen LogP contribution is 2.07. The minimum Gasteiger partial charge on any atom is -0.468 e. The minimum atomic E-state index is -0.381. The highest BCUT2D eigenvalue weighted by atomic mass is 16.5. The maximum atomic E-state index is 11.7. The van der Waals surface area contributed by atoms with Crippen molar-refractivity contribution in [2.24, 2.45) is 11.8 Å². The van der Waals surface area contributed by atoms with Gasteiger partial charge in [-0.3, -0.25) is 14.9 Å². The van der Waals surface area contributed by atoms with Crippen molar-refractivity contribution in [1.29, 1.82) is 0 Å². The van der Waals surface area contributed by atoms with Gasteiger partial charge in [-0.1, -0.05) is 27.7 Å². The summed E-state index contributed by atoms with van der Waals surface area (Å²) >= 11 is 0. The first-order valence-corrected chi connectivity index (χ1v) is 6.26. The maximum Gasteiger partial charge on any atom is 0.322 e. The van der Waals surface area contributed by atoms with Crippen LogP contribution in [0.2, 0.25) is 0 Å². The molecule has 0 saturated carbocycles. The summed E-state index contributed by atoms with van der Waals surface area (Å²) in [7, 11) is 1.37. The second kappa shape index (κ2) is 8.23. The van der Waals surface area contributed by atoms with E-state index in [1.165, 1.54) is 7.11 Å². The first-order valence-electron chi connectivity index (χ1n) is 6.26. The van der Waals surface area contributed by atoms with Gasteiger partial charge in [-0.2, -0.15) is 0 Å². The molecule has 0 aromatic carbocycles. The fraction of sp³-hybridized carbons (Fsp3) is 0.846. The lowest BCUT2D eigenvalue weighted by Gasteiger charge is -2.18.